The van der Waals surface area contributed by atoms with Crippen LogP contribution in [0, 0.1) is 11.6 Å². The summed E-state index contributed by atoms with van der Waals surface area (Å²) >= 11 is 0. The van der Waals surface area contributed by atoms with Crippen molar-refractivity contribution in [1.82, 2.24) is 19.9 Å². The monoisotopic (exact) mass is 396 g/mol. The molecular formula is C21H18F2N4O2. The molecule has 2 aromatic heterocycles. The van der Waals surface area contributed by atoms with Crippen LogP contribution in [0.5, 0.6) is 5.88 Å². The van der Waals surface area contributed by atoms with Crippen molar-refractivity contribution in [1.29, 1.82) is 0 Å². The molecule has 8 heteroatoms. The second-order valence-electron chi connectivity index (χ2n) is 6.68. The van der Waals surface area contributed by atoms with E-state index >= 15 is 0 Å². The molecule has 1 aromatic carbocycles. The lowest BCUT2D eigenvalue weighted by molar-refractivity contribution is 0.0524. The van der Waals surface area contributed by atoms with Crippen molar-refractivity contribution in [3.8, 4) is 17.3 Å². The van der Waals surface area contributed by atoms with Gasteiger partial charge < -0.3 is 9.64 Å². The molecule has 1 atom stereocenters. The first-order chi connectivity index (χ1) is 14.1. The Kier molecular flexibility index (Phi) is 5.41. The van der Waals surface area contributed by atoms with Gasteiger partial charge in [-0.1, -0.05) is 12.1 Å². The van der Waals surface area contributed by atoms with E-state index in [1.54, 1.807) is 29.4 Å². The highest BCUT2D eigenvalue weighted by Crippen LogP contribution is 2.26. The molecule has 1 saturated heterocycles. The molecule has 3 heterocycles. The van der Waals surface area contributed by atoms with E-state index < -0.39 is 17.5 Å². The number of hydrogen-bond donors (Lipinski definition) is 0. The molecule has 4 rings (SSSR count). The first-order valence-corrected chi connectivity index (χ1v) is 9.25. The highest BCUT2D eigenvalue weighted by Gasteiger charge is 2.29. The molecule has 1 amide bonds. The molecule has 29 heavy (non-hydrogen) atoms. The molecule has 3 aromatic rings. The lowest BCUT2D eigenvalue weighted by Crippen LogP contribution is -2.44. The molecule has 0 unspecified atom stereocenters. The van der Waals surface area contributed by atoms with Gasteiger partial charge in [0, 0.05) is 30.6 Å². The molecule has 1 fully saturated rings. The van der Waals surface area contributed by atoms with Crippen molar-refractivity contribution in [2.75, 3.05) is 13.1 Å². The summed E-state index contributed by atoms with van der Waals surface area (Å²) in [5.74, 6) is -0.937. The summed E-state index contributed by atoms with van der Waals surface area (Å²) < 4.78 is 33.4. The largest absolute Gasteiger partial charge is 0.472 e. The Balaban J connectivity index is 1.56. The third kappa shape index (κ3) is 4.21. The van der Waals surface area contributed by atoms with Gasteiger partial charge in [-0.3, -0.25) is 4.79 Å². The van der Waals surface area contributed by atoms with Crippen LogP contribution in [0.15, 0.2) is 55.0 Å². The fourth-order valence-corrected chi connectivity index (χ4v) is 3.35. The zero-order valence-corrected chi connectivity index (χ0v) is 15.5. The first-order valence-electron chi connectivity index (χ1n) is 9.25. The van der Waals surface area contributed by atoms with Crippen LogP contribution in [0.25, 0.3) is 11.4 Å². The van der Waals surface area contributed by atoms with E-state index in [1.807, 2.05) is 0 Å². The lowest BCUT2D eigenvalue weighted by Gasteiger charge is -2.33. The zero-order valence-electron chi connectivity index (χ0n) is 15.5. The van der Waals surface area contributed by atoms with E-state index in [1.165, 1.54) is 24.3 Å². The van der Waals surface area contributed by atoms with Crippen molar-refractivity contribution in [2.45, 2.75) is 18.9 Å². The van der Waals surface area contributed by atoms with Crippen molar-refractivity contribution in [3.63, 3.8) is 0 Å². The Morgan fingerprint density at radius 2 is 1.90 bits per heavy atom. The molecule has 0 bridgehead atoms. The smallest absolute Gasteiger partial charge is 0.257 e. The van der Waals surface area contributed by atoms with Gasteiger partial charge in [0.25, 0.3) is 5.91 Å². The van der Waals surface area contributed by atoms with Crippen molar-refractivity contribution in [3.05, 3.63) is 72.2 Å². The summed E-state index contributed by atoms with van der Waals surface area (Å²) in [6.45, 7) is 0.764. The lowest BCUT2D eigenvalue weighted by atomic mass is 10.0. The Morgan fingerprint density at radius 3 is 2.66 bits per heavy atom. The van der Waals surface area contributed by atoms with Crippen LogP contribution in [0.4, 0.5) is 8.78 Å². The Bertz CT molecular complexity index is 999. The minimum atomic E-state index is -0.622. The van der Waals surface area contributed by atoms with Gasteiger partial charge >= 0.3 is 0 Å². The van der Waals surface area contributed by atoms with Gasteiger partial charge in [-0.15, -0.1) is 0 Å². The molecular weight excluding hydrogens is 378 g/mol. The van der Waals surface area contributed by atoms with Gasteiger partial charge in [0.05, 0.1) is 18.3 Å². The SMILES string of the molecule is O=C(c1c(F)cccc1-c1ncccn1)N1CCC[C@@H](Oc2ccc(F)cn2)C1. The fraction of sp³-hybridized carbons (Fsp3) is 0.238. The Hall–Kier alpha value is -3.42. The maximum atomic E-state index is 14.6. The number of likely N-dealkylation sites (tertiary alicyclic amines) is 1. The number of rotatable bonds is 4. The number of piperidine rings is 1. The topological polar surface area (TPSA) is 68.2 Å². The van der Waals surface area contributed by atoms with Gasteiger partial charge in [-0.05, 0) is 31.0 Å². The number of hydrogen-bond acceptors (Lipinski definition) is 5. The number of carbonyl (C=O) groups excluding carboxylic acids is 1. The van der Waals surface area contributed by atoms with Crippen LogP contribution < -0.4 is 4.74 Å². The van der Waals surface area contributed by atoms with Crippen LogP contribution in [0.1, 0.15) is 23.2 Å². The molecule has 0 radical (unpaired) electrons. The van der Waals surface area contributed by atoms with E-state index in [4.69, 9.17) is 4.74 Å². The normalized spacial score (nSPS) is 16.5. The van der Waals surface area contributed by atoms with E-state index in [0.717, 1.165) is 12.6 Å². The van der Waals surface area contributed by atoms with Crippen LogP contribution in [-0.4, -0.2) is 45.0 Å². The number of benzene rings is 1. The summed E-state index contributed by atoms with van der Waals surface area (Å²) in [6, 6.07) is 8.77. The number of amides is 1. The van der Waals surface area contributed by atoms with Crippen LogP contribution in [0.3, 0.4) is 0 Å². The van der Waals surface area contributed by atoms with Gasteiger partial charge in [-0.25, -0.2) is 23.7 Å². The number of ether oxygens (including phenoxy) is 1. The number of aromatic nitrogens is 3. The van der Waals surface area contributed by atoms with Gasteiger partial charge in [0.2, 0.25) is 5.88 Å². The maximum Gasteiger partial charge on any atom is 0.257 e. The number of carbonyl (C=O) groups is 1. The van der Waals surface area contributed by atoms with Gasteiger partial charge in [0.1, 0.15) is 17.7 Å². The van der Waals surface area contributed by atoms with Crippen LogP contribution in [0.2, 0.25) is 0 Å². The molecule has 0 spiro atoms. The summed E-state index contributed by atoms with van der Waals surface area (Å²) in [7, 11) is 0. The standard InChI is InChI=1S/C21H18F2N4O2/c22-14-7-8-18(26-12-14)29-15-4-2-11-27(13-15)21(28)19-16(5-1-6-17(19)23)20-24-9-3-10-25-20/h1,3,5-10,12,15H,2,4,11,13H2/t15-/m1/s1. The van der Waals surface area contributed by atoms with E-state index in [0.29, 0.717) is 18.5 Å². The van der Waals surface area contributed by atoms with E-state index in [-0.39, 0.29) is 29.9 Å². The predicted molar refractivity (Wildman–Crippen MR) is 101 cm³/mol. The molecule has 0 N–H and O–H groups in total. The average Bonchev–Trinajstić information content (AvgIpc) is 2.75. The first kappa shape index (κ1) is 18.9. The highest BCUT2D eigenvalue weighted by atomic mass is 19.1. The molecule has 0 saturated carbocycles. The molecule has 148 valence electrons. The summed E-state index contributed by atoms with van der Waals surface area (Å²) in [5, 5.41) is 0. The minimum Gasteiger partial charge on any atom is -0.472 e. The second kappa shape index (κ2) is 8.30. The molecule has 6 nitrogen and oxygen atoms in total. The Morgan fingerprint density at radius 1 is 1.07 bits per heavy atom. The molecule has 1 aliphatic heterocycles. The highest BCUT2D eigenvalue weighted by molar-refractivity contribution is 6.00. The van der Waals surface area contributed by atoms with Crippen molar-refractivity contribution in [2.24, 2.45) is 0 Å². The summed E-state index contributed by atoms with van der Waals surface area (Å²) in [4.78, 5) is 26.9. The third-order valence-electron chi connectivity index (χ3n) is 4.69. The zero-order chi connectivity index (χ0) is 20.2. The van der Waals surface area contributed by atoms with Crippen molar-refractivity contribution < 1.29 is 18.3 Å². The van der Waals surface area contributed by atoms with Crippen LogP contribution in [-0.2, 0) is 0 Å². The number of pyridine rings is 1. The predicted octanol–water partition coefficient (Wildman–Crippen LogP) is 3.50. The maximum absolute atomic E-state index is 14.6. The summed E-state index contributed by atoms with van der Waals surface area (Å²) in [6.07, 6.45) is 5.27. The third-order valence-corrected chi connectivity index (χ3v) is 4.69. The number of halogens is 2. The molecule has 1 aliphatic rings. The second-order valence-corrected chi connectivity index (χ2v) is 6.68. The van der Waals surface area contributed by atoms with E-state index in [9.17, 15) is 13.6 Å². The fourth-order valence-electron chi connectivity index (χ4n) is 3.35. The minimum absolute atomic E-state index is 0.0562. The van der Waals surface area contributed by atoms with E-state index in [2.05, 4.69) is 15.0 Å². The molecule has 0 aliphatic carbocycles. The summed E-state index contributed by atoms with van der Waals surface area (Å²) in [5.41, 5.74) is 0.290. The quantitative estimate of drug-likeness (QED) is 0.675. The van der Waals surface area contributed by atoms with Crippen molar-refractivity contribution >= 4 is 5.91 Å². The van der Waals surface area contributed by atoms with Gasteiger partial charge in [-0.2, -0.15) is 0 Å². The number of nitrogens with zero attached hydrogens (tertiary/aromatic N) is 4. The Labute approximate surface area is 166 Å². The average molecular weight is 396 g/mol. The van der Waals surface area contributed by atoms with Gasteiger partial charge in [0.15, 0.2) is 5.82 Å². The van der Waals surface area contributed by atoms with Crippen LogP contribution >= 0.6 is 0 Å².